The molecular formula is C17H36. The van der Waals surface area contributed by atoms with Gasteiger partial charge in [0.1, 0.15) is 0 Å². The van der Waals surface area contributed by atoms with E-state index in [-0.39, 0.29) is 0 Å². The highest BCUT2D eigenvalue weighted by Gasteiger charge is 2.21. The van der Waals surface area contributed by atoms with E-state index in [1.54, 1.807) is 0 Å². The van der Waals surface area contributed by atoms with Gasteiger partial charge in [-0.1, -0.05) is 86.0 Å². The molecule has 0 aliphatic carbocycles. The van der Waals surface area contributed by atoms with Gasteiger partial charge in [-0.2, -0.15) is 0 Å². The van der Waals surface area contributed by atoms with Crippen LogP contribution in [0.15, 0.2) is 0 Å². The van der Waals surface area contributed by atoms with Gasteiger partial charge in [0.05, 0.1) is 0 Å². The van der Waals surface area contributed by atoms with Crippen LogP contribution in [0.3, 0.4) is 0 Å². The van der Waals surface area contributed by atoms with E-state index >= 15 is 0 Å². The maximum Gasteiger partial charge on any atom is -0.0352 e. The highest BCUT2D eigenvalue weighted by Crippen LogP contribution is 2.34. The Labute approximate surface area is 111 Å². The summed E-state index contributed by atoms with van der Waals surface area (Å²) in [6, 6.07) is 0. The standard InChI is InChI=1S/C17H36/c1-6-9-10-11-13-16(12-7-2)15-17(4,5)14-8-3/h16H,6-15H2,1-5H3. The van der Waals surface area contributed by atoms with Gasteiger partial charge < -0.3 is 0 Å². The first-order valence-corrected chi connectivity index (χ1v) is 8.05. The summed E-state index contributed by atoms with van der Waals surface area (Å²) < 4.78 is 0. The third kappa shape index (κ3) is 9.68. The lowest BCUT2D eigenvalue weighted by atomic mass is 9.76. The summed E-state index contributed by atoms with van der Waals surface area (Å²) in [6.45, 7) is 11.9. The van der Waals surface area contributed by atoms with Crippen molar-refractivity contribution in [1.29, 1.82) is 0 Å². The Morgan fingerprint density at radius 3 is 2.00 bits per heavy atom. The molecule has 0 fully saturated rings. The van der Waals surface area contributed by atoms with E-state index in [4.69, 9.17) is 0 Å². The summed E-state index contributed by atoms with van der Waals surface area (Å²) in [4.78, 5) is 0. The molecule has 0 radical (unpaired) electrons. The van der Waals surface area contributed by atoms with Crippen LogP contribution in [-0.4, -0.2) is 0 Å². The minimum Gasteiger partial charge on any atom is -0.0654 e. The zero-order valence-electron chi connectivity index (χ0n) is 13.1. The summed E-state index contributed by atoms with van der Waals surface area (Å²) >= 11 is 0. The van der Waals surface area contributed by atoms with E-state index in [2.05, 4.69) is 34.6 Å². The first-order valence-electron chi connectivity index (χ1n) is 8.05. The van der Waals surface area contributed by atoms with Gasteiger partial charge in [-0.25, -0.2) is 0 Å². The molecule has 0 aromatic heterocycles. The molecule has 104 valence electrons. The maximum absolute atomic E-state index is 2.46. The summed E-state index contributed by atoms with van der Waals surface area (Å²) in [5.74, 6) is 0.985. The zero-order chi connectivity index (χ0) is 13.1. The van der Waals surface area contributed by atoms with Gasteiger partial charge in [-0.15, -0.1) is 0 Å². The van der Waals surface area contributed by atoms with E-state index in [9.17, 15) is 0 Å². The van der Waals surface area contributed by atoms with Crippen LogP contribution in [-0.2, 0) is 0 Å². The quantitative estimate of drug-likeness (QED) is 0.357. The van der Waals surface area contributed by atoms with Crippen LogP contribution in [0.25, 0.3) is 0 Å². The smallest absolute Gasteiger partial charge is 0.0352 e. The first kappa shape index (κ1) is 17.0. The molecular weight excluding hydrogens is 204 g/mol. The minimum atomic E-state index is 0.569. The van der Waals surface area contributed by atoms with Gasteiger partial charge in [-0.05, 0) is 24.2 Å². The molecule has 0 saturated heterocycles. The molecule has 0 saturated carbocycles. The summed E-state index contributed by atoms with van der Waals surface area (Å²) in [5.41, 5.74) is 0.569. The number of hydrogen-bond donors (Lipinski definition) is 0. The highest BCUT2D eigenvalue weighted by atomic mass is 14.3. The molecule has 0 nitrogen and oxygen atoms in total. The molecule has 0 aliphatic heterocycles. The molecule has 1 atom stereocenters. The van der Waals surface area contributed by atoms with Crippen LogP contribution in [0.5, 0.6) is 0 Å². The van der Waals surface area contributed by atoms with Crippen LogP contribution in [0.1, 0.15) is 98.8 Å². The second-order valence-corrected chi connectivity index (χ2v) is 6.62. The van der Waals surface area contributed by atoms with Crippen molar-refractivity contribution in [2.24, 2.45) is 11.3 Å². The largest absolute Gasteiger partial charge is 0.0654 e. The van der Waals surface area contributed by atoms with Gasteiger partial charge in [0.25, 0.3) is 0 Å². The van der Waals surface area contributed by atoms with Gasteiger partial charge in [0, 0.05) is 0 Å². The Bertz CT molecular complexity index is 157. The fraction of sp³-hybridized carbons (Fsp3) is 1.00. The van der Waals surface area contributed by atoms with Crippen molar-refractivity contribution < 1.29 is 0 Å². The summed E-state index contributed by atoms with van der Waals surface area (Å²) in [5, 5.41) is 0. The number of unbranched alkanes of at least 4 members (excludes halogenated alkanes) is 3. The van der Waals surface area contributed by atoms with Crippen molar-refractivity contribution in [2.45, 2.75) is 98.8 Å². The Morgan fingerprint density at radius 2 is 1.47 bits per heavy atom. The van der Waals surface area contributed by atoms with Crippen molar-refractivity contribution >= 4 is 0 Å². The van der Waals surface area contributed by atoms with Crippen LogP contribution in [0.2, 0.25) is 0 Å². The van der Waals surface area contributed by atoms with Gasteiger partial charge in [0.15, 0.2) is 0 Å². The van der Waals surface area contributed by atoms with Crippen molar-refractivity contribution in [3.63, 3.8) is 0 Å². The van der Waals surface area contributed by atoms with Gasteiger partial charge in [-0.3, -0.25) is 0 Å². The molecule has 0 aliphatic rings. The molecule has 17 heavy (non-hydrogen) atoms. The van der Waals surface area contributed by atoms with Gasteiger partial charge >= 0.3 is 0 Å². The number of hydrogen-bond acceptors (Lipinski definition) is 0. The van der Waals surface area contributed by atoms with Crippen molar-refractivity contribution in [3.8, 4) is 0 Å². The Hall–Kier alpha value is 0. The molecule has 0 spiro atoms. The predicted molar refractivity (Wildman–Crippen MR) is 80.5 cm³/mol. The lowest BCUT2D eigenvalue weighted by molar-refractivity contribution is 0.224. The minimum absolute atomic E-state index is 0.569. The lowest BCUT2D eigenvalue weighted by Crippen LogP contribution is -2.17. The molecule has 0 N–H and O–H groups in total. The molecule has 0 rings (SSSR count). The summed E-state index contributed by atoms with van der Waals surface area (Å²) in [6.07, 6.45) is 14.1. The molecule has 0 aromatic rings. The van der Waals surface area contributed by atoms with Gasteiger partial charge in [0.2, 0.25) is 0 Å². The second-order valence-electron chi connectivity index (χ2n) is 6.62. The predicted octanol–water partition coefficient (Wildman–Crippen LogP) is 6.59. The third-order valence-corrected chi connectivity index (χ3v) is 3.93. The Morgan fingerprint density at radius 1 is 0.765 bits per heavy atom. The van der Waals surface area contributed by atoms with Crippen LogP contribution in [0, 0.1) is 11.3 Å². The molecule has 0 heterocycles. The topological polar surface area (TPSA) is 0 Å². The zero-order valence-corrected chi connectivity index (χ0v) is 13.1. The average molecular weight is 240 g/mol. The molecule has 0 aromatic carbocycles. The fourth-order valence-electron chi connectivity index (χ4n) is 3.18. The highest BCUT2D eigenvalue weighted by molar-refractivity contribution is 4.73. The third-order valence-electron chi connectivity index (χ3n) is 3.93. The average Bonchev–Trinajstić information content (AvgIpc) is 2.24. The van der Waals surface area contributed by atoms with E-state index in [0.29, 0.717) is 5.41 Å². The lowest BCUT2D eigenvalue weighted by Gasteiger charge is -2.29. The molecule has 1 unspecified atom stereocenters. The van der Waals surface area contributed by atoms with Crippen LogP contribution in [0.4, 0.5) is 0 Å². The van der Waals surface area contributed by atoms with Crippen molar-refractivity contribution in [3.05, 3.63) is 0 Å². The van der Waals surface area contributed by atoms with E-state index in [1.165, 1.54) is 64.2 Å². The first-order chi connectivity index (χ1) is 8.05. The second kappa shape index (κ2) is 9.97. The monoisotopic (exact) mass is 240 g/mol. The normalized spacial score (nSPS) is 13.9. The SMILES string of the molecule is CCCCCCC(CCC)CC(C)(C)CCC. The van der Waals surface area contributed by atoms with Crippen LogP contribution >= 0.6 is 0 Å². The van der Waals surface area contributed by atoms with E-state index < -0.39 is 0 Å². The number of rotatable bonds is 11. The maximum atomic E-state index is 2.46. The molecule has 0 amide bonds. The van der Waals surface area contributed by atoms with Crippen molar-refractivity contribution in [1.82, 2.24) is 0 Å². The summed E-state index contributed by atoms with van der Waals surface area (Å²) in [7, 11) is 0. The fourth-order valence-corrected chi connectivity index (χ4v) is 3.18. The van der Waals surface area contributed by atoms with E-state index in [1.807, 2.05) is 0 Å². The van der Waals surface area contributed by atoms with E-state index in [0.717, 1.165) is 5.92 Å². The molecule has 0 heteroatoms. The van der Waals surface area contributed by atoms with Crippen LogP contribution < -0.4 is 0 Å². The Kier molecular flexibility index (Phi) is 9.97. The van der Waals surface area contributed by atoms with Crippen molar-refractivity contribution in [2.75, 3.05) is 0 Å². The Balaban J connectivity index is 3.95. The molecule has 0 bridgehead atoms.